The molecule has 0 fully saturated rings. The van der Waals surface area contributed by atoms with Gasteiger partial charge >= 0.3 is 5.97 Å². The van der Waals surface area contributed by atoms with Gasteiger partial charge in [0.25, 0.3) is 0 Å². The van der Waals surface area contributed by atoms with Gasteiger partial charge in [-0.15, -0.1) is 0 Å². The predicted octanol–water partition coefficient (Wildman–Crippen LogP) is 1.73. The summed E-state index contributed by atoms with van der Waals surface area (Å²) in [6.07, 6.45) is 0. The number of hydrogen-bond acceptors (Lipinski definition) is 10. The van der Waals surface area contributed by atoms with Crippen LogP contribution >= 0.6 is 0 Å². The van der Waals surface area contributed by atoms with E-state index in [1.54, 1.807) is 19.1 Å². The van der Waals surface area contributed by atoms with Crippen LogP contribution in [0.2, 0.25) is 0 Å². The zero-order chi connectivity index (χ0) is 20.8. The fourth-order valence-corrected chi connectivity index (χ4v) is 1.92. The zero-order valence-electron chi connectivity index (χ0n) is 16.0. The summed E-state index contributed by atoms with van der Waals surface area (Å²) in [7, 11) is 3.08. The monoisotopic (exact) mass is 390 g/mol. The van der Waals surface area contributed by atoms with Crippen LogP contribution in [0.1, 0.15) is 17.3 Å². The molecular weight excluding hydrogens is 368 g/mol. The maximum atomic E-state index is 12.3. The summed E-state index contributed by atoms with van der Waals surface area (Å²) in [6.45, 7) is 2.98. The lowest BCUT2D eigenvalue weighted by molar-refractivity contribution is 0.0526. The minimum absolute atomic E-state index is 0.104. The molecule has 150 valence electrons. The van der Waals surface area contributed by atoms with Gasteiger partial charge in [-0.1, -0.05) is 0 Å². The number of anilines is 1. The molecule has 0 saturated carbocycles. The maximum Gasteiger partial charge on any atom is 0.340 e. The summed E-state index contributed by atoms with van der Waals surface area (Å²) in [5, 5.41) is 21.3. The number of nitrogens with one attached hydrogen (secondary N) is 1. The van der Waals surface area contributed by atoms with Crippen LogP contribution in [-0.4, -0.2) is 58.9 Å². The first-order valence-corrected chi connectivity index (χ1v) is 8.33. The first-order chi connectivity index (χ1) is 13.6. The van der Waals surface area contributed by atoms with Crippen LogP contribution in [-0.2, 0) is 14.2 Å². The number of rotatable bonds is 12. The third-order valence-corrected chi connectivity index (χ3v) is 3.17. The lowest BCUT2D eigenvalue weighted by atomic mass is 10.1. The van der Waals surface area contributed by atoms with Crippen LogP contribution in [0.25, 0.3) is 0 Å². The minimum atomic E-state index is -0.629. The summed E-state index contributed by atoms with van der Waals surface area (Å²) >= 11 is 0. The number of carbonyl (C=O) groups excluding carboxylic acids is 1. The van der Waals surface area contributed by atoms with Crippen molar-refractivity contribution >= 4 is 17.4 Å². The summed E-state index contributed by atoms with van der Waals surface area (Å²) < 4.78 is 26.3. The van der Waals surface area contributed by atoms with Crippen molar-refractivity contribution in [1.29, 1.82) is 10.5 Å². The number of benzene rings is 1. The average molecular weight is 390 g/mol. The van der Waals surface area contributed by atoms with Crippen LogP contribution < -0.4 is 14.9 Å². The lowest BCUT2D eigenvalue weighted by Gasteiger charge is -2.16. The number of ether oxygens (including phenoxy) is 5. The van der Waals surface area contributed by atoms with Gasteiger partial charge in [0.15, 0.2) is 11.5 Å². The highest BCUT2D eigenvalue weighted by atomic mass is 16.6. The largest absolute Gasteiger partial charge is 0.487 e. The Morgan fingerprint density at radius 3 is 2.11 bits per heavy atom. The SMILES string of the molecule is CCOC(=O)c1cc(OCCOC)c(OCCOC)cc1NN=C(C#N)C#N. The third-order valence-electron chi connectivity index (χ3n) is 3.17. The Balaban J connectivity index is 3.32. The standard InChI is InChI=1S/C18H22N4O6/c1-4-26-18(23)14-9-16(27-7-5-24-2)17(28-8-6-25-3)10-15(14)22-21-13(11-19)12-20/h9-10,22H,4-8H2,1-3H3. The molecule has 0 amide bonds. The summed E-state index contributed by atoms with van der Waals surface area (Å²) in [4.78, 5) is 12.3. The van der Waals surface area contributed by atoms with Crippen molar-refractivity contribution in [2.24, 2.45) is 5.10 Å². The average Bonchev–Trinajstić information content (AvgIpc) is 2.70. The molecule has 0 radical (unpaired) electrons. The molecule has 0 unspecified atom stereocenters. The molecular formula is C18H22N4O6. The molecule has 0 atom stereocenters. The highest BCUT2D eigenvalue weighted by Gasteiger charge is 2.19. The minimum Gasteiger partial charge on any atom is -0.487 e. The number of hydrogen-bond donors (Lipinski definition) is 1. The molecule has 0 spiro atoms. The molecule has 10 nitrogen and oxygen atoms in total. The second-order valence-electron chi connectivity index (χ2n) is 5.04. The summed E-state index contributed by atoms with van der Waals surface area (Å²) in [6, 6.07) is 6.15. The number of nitrogens with zero attached hydrogens (tertiary/aromatic N) is 3. The van der Waals surface area contributed by atoms with Gasteiger partial charge in [-0.2, -0.15) is 15.6 Å². The third kappa shape index (κ3) is 7.11. The van der Waals surface area contributed by atoms with Crippen molar-refractivity contribution in [2.45, 2.75) is 6.92 Å². The van der Waals surface area contributed by atoms with Crippen molar-refractivity contribution < 1.29 is 28.5 Å². The highest BCUT2D eigenvalue weighted by Crippen LogP contribution is 2.34. The van der Waals surface area contributed by atoms with Gasteiger partial charge in [-0.3, -0.25) is 5.43 Å². The van der Waals surface area contributed by atoms with Gasteiger partial charge in [-0.05, 0) is 6.92 Å². The van der Waals surface area contributed by atoms with Gasteiger partial charge in [0, 0.05) is 26.4 Å². The van der Waals surface area contributed by atoms with Gasteiger partial charge < -0.3 is 23.7 Å². The van der Waals surface area contributed by atoms with E-state index in [4.69, 9.17) is 34.2 Å². The van der Waals surface area contributed by atoms with E-state index in [9.17, 15) is 4.79 Å². The first-order valence-electron chi connectivity index (χ1n) is 8.33. The smallest absolute Gasteiger partial charge is 0.340 e. The van der Waals surface area contributed by atoms with Crippen molar-refractivity contribution in [3.05, 3.63) is 17.7 Å². The van der Waals surface area contributed by atoms with Crippen LogP contribution in [0.3, 0.4) is 0 Å². The number of methoxy groups -OCH3 is 2. The Morgan fingerprint density at radius 2 is 1.61 bits per heavy atom. The van der Waals surface area contributed by atoms with Crippen LogP contribution in [0, 0.1) is 22.7 Å². The van der Waals surface area contributed by atoms with Gasteiger partial charge in [0.05, 0.1) is 31.1 Å². The fourth-order valence-electron chi connectivity index (χ4n) is 1.92. The molecule has 0 aliphatic heterocycles. The normalized spacial score (nSPS) is 9.61. The first kappa shape index (κ1) is 22.7. The summed E-state index contributed by atoms with van der Waals surface area (Å²) in [5.74, 6) is -0.0170. The number of esters is 1. The van der Waals surface area contributed by atoms with E-state index in [1.807, 2.05) is 0 Å². The molecule has 0 bridgehead atoms. The van der Waals surface area contributed by atoms with E-state index >= 15 is 0 Å². The molecule has 10 heteroatoms. The van der Waals surface area contributed by atoms with E-state index in [2.05, 4.69) is 10.5 Å². The summed E-state index contributed by atoms with van der Waals surface area (Å²) in [5.41, 5.74) is 2.42. The molecule has 28 heavy (non-hydrogen) atoms. The van der Waals surface area contributed by atoms with Crippen LogP contribution in [0.4, 0.5) is 5.69 Å². The maximum absolute atomic E-state index is 12.3. The van der Waals surface area contributed by atoms with Gasteiger partial charge in [0.1, 0.15) is 25.4 Å². The van der Waals surface area contributed by atoms with E-state index in [0.29, 0.717) is 24.7 Å². The van der Waals surface area contributed by atoms with Crippen molar-refractivity contribution in [1.82, 2.24) is 0 Å². The number of carbonyl (C=O) groups is 1. The topological polar surface area (TPSA) is 135 Å². The highest BCUT2D eigenvalue weighted by molar-refractivity contribution is 6.10. The fraction of sp³-hybridized carbons (Fsp3) is 0.444. The molecule has 0 heterocycles. The van der Waals surface area contributed by atoms with E-state index in [1.165, 1.54) is 26.4 Å². The van der Waals surface area contributed by atoms with Crippen molar-refractivity contribution in [3.63, 3.8) is 0 Å². The van der Waals surface area contributed by atoms with E-state index in [-0.39, 0.29) is 31.1 Å². The van der Waals surface area contributed by atoms with Crippen molar-refractivity contribution in [2.75, 3.05) is 52.7 Å². The molecule has 1 aromatic carbocycles. The van der Waals surface area contributed by atoms with Crippen LogP contribution in [0.15, 0.2) is 17.2 Å². The van der Waals surface area contributed by atoms with E-state index < -0.39 is 11.7 Å². The molecule has 1 rings (SSSR count). The van der Waals surface area contributed by atoms with Gasteiger partial charge in [-0.25, -0.2) is 4.79 Å². The Hall–Kier alpha value is -3.34. The molecule has 0 aliphatic carbocycles. The Morgan fingerprint density at radius 1 is 1.04 bits per heavy atom. The van der Waals surface area contributed by atoms with Crippen LogP contribution in [0.5, 0.6) is 11.5 Å². The second-order valence-corrected chi connectivity index (χ2v) is 5.04. The quantitative estimate of drug-likeness (QED) is 0.245. The van der Waals surface area contributed by atoms with Gasteiger partial charge in [0.2, 0.25) is 5.71 Å². The lowest BCUT2D eigenvalue weighted by Crippen LogP contribution is -2.12. The number of nitriles is 2. The Labute approximate surface area is 163 Å². The molecule has 0 aliphatic rings. The second kappa shape index (κ2) is 12.9. The Kier molecular flexibility index (Phi) is 10.5. The molecule has 0 aromatic heterocycles. The molecule has 1 aromatic rings. The molecule has 1 N–H and O–H groups in total. The van der Waals surface area contributed by atoms with Crippen molar-refractivity contribution in [3.8, 4) is 23.6 Å². The molecule has 0 saturated heterocycles. The zero-order valence-corrected chi connectivity index (χ0v) is 16.0. The number of hydrazone groups is 1. The van der Waals surface area contributed by atoms with E-state index in [0.717, 1.165) is 0 Å². The predicted molar refractivity (Wildman–Crippen MR) is 99.4 cm³/mol. The Bertz CT molecular complexity index is 751.